The highest BCUT2D eigenvalue weighted by Gasteiger charge is 2.18. The molecule has 0 spiro atoms. The third-order valence-electron chi connectivity index (χ3n) is 4.29. The van der Waals surface area contributed by atoms with Gasteiger partial charge in [0.1, 0.15) is 0 Å². The fourth-order valence-corrected chi connectivity index (χ4v) is 3.10. The van der Waals surface area contributed by atoms with E-state index in [1.54, 1.807) is 18.2 Å². The molecular weight excluding hydrogens is 342 g/mol. The number of aryl methyl sites for hydroxylation is 4. The van der Waals surface area contributed by atoms with E-state index in [0.717, 1.165) is 33.0 Å². The third kappa shape index (κ3) is 3.74. The van der Waals surface area contributed by atoms with Gasteiger partial charge in [-0.15, -0.1) is 0 Å². The van der Waals surface area contributed by atoms with Crippen LogP contribution < -0.4 is 10.9 Å². The van der Waals surface area contributed by atoms with Crippen LogP contribution in [0.5, 0.6) is 5.75 Å². The first-order valence-electron chi connectivity index (χ1n) is 8.56. The highest BCUT2D eigenvalue weighted by atomic mass is 16.3. The fraction of sp³-hybridized carbons (Fsp3) is 0.190. The maximum absolute atomic E-state index is 12.7. The summed E-state index contributed by atoms with van der Waals surface area (Å²) in [5.41, 5.74) is 4.33. The van der Waals surface area contributed by atoms with Crippen LogP contribution in [-0.4, -0.2) is 20.8 Å². The Kier molecular flexibility index (Phi) is 4.81. The first-order chi connectivity index (χ1) is 12.8. The minimum atomic E-state index is -0.580. The number of aromatic nitrogens is 2. The second-order valence-electron chi connectivity index (χ2n) is 6.70. The lowest BCUT2D eigenvalue weighted by molar-refractivity contribution is 0.101. The zero-order valence-corrected chi connectivity index (χ0v) is 15.7. The van der Waals surface area contributed by atoms with E-state index in [0.29, 0.717) is 11.4 Å². The molecule has 0 saturated heterocycles. The van der Waals surface area contributed by atoms with E-state index in [4.69, 9.17) is 0 Å². The molecule has 0 aliphatic rings. The van der Waals surface area contributed by atoms with Crippen LogP contribution in [0, 0.1) is 27.7 Å². The summed E-state index contributed by atoms with van der Waals surface area (Å²) in [6.07, 6.45) is 0. The number of rotatable bonds is 3. The SMILES string of the molecule is Cc1cccc(-n2nc(C(=O)Nc3c(C)cc(C)cc3C)c(O)cc2=O)c1. The zero-order chi connectivity index (χ0) is 19.7. The lowest BCUT2D eigenvalue weighted by Gasteiger charge is -2.14. The molecule has 6 heteroatoms. The topological polar surface area (TPSA) is 84.2 Å². The van der Waals surface area contributed by atoms with Gasteiger partial charge in [0, 0.05) is 11.8 Å². The summed E-state index contributed by atoms with van der Waals surface area (Å²) in [4.78, 5) is 25.0. The molecule has 2 N–H and O–H groups in total. The Morgan fingerprint density at radius 1 is 1.00 bits per heavy atom. The average Bonchev–Trinajstić information content (AvgIpc) is 2.58. The molecule has 0 atom stereocenters. The fourth-order valence-electron chi connectivity index (χ4n) is 3.10. The average molecular weight is 363 g/mol. The van der Waals surface area contributed by atoms with Crippen LogP contribution in [0.4, 0.5) is 5.69 Å². The van der Waals surface area contributed by atoms with Crippen LogP contribution in [0.25, 0.3) is 5.69 Å². The van der Waals surface area contributed by atoms with E-state index in [1.165, 1.54) is 0 Å². The number of carbonyl (C=O) groups excluding carboxylic acids is 1. The molecule has 1 amide bonds. The summed E-state index contributed by atoms with van der Waals surface area (Å²) in [6, 6.07) is 12.1. The summed E-state index contributed by atoms with van der Waals surface area (Å²) in [6.45, 7) is 7.68. The summed E-state index contributed by atoms with van der Waals surface area (Å²) in [5, 5.41) is 17.0. The van der Waals surface area contributed by atoms with Gasteiger partial charge in [0.2, 0.25) is 0 Å². The van der Waals surface area contributed by atoms with Gasteiger partial charge in [0.15, 0.2) is 11.4 Å². The van der Waals surface area contributed by atoms with E-state index < -0.39 is 17.2 Å². The molecule has 27 heavy (non-hydrogen) atoms. The zero-order valence-electron chi connectivity index (χ0n) is 15.7. The van der Waals surface area contributed by atoms with Gasteiger partial charge >= 0.3 is 0 Å². The summed E-state index contributed by atoms with van der Waals surface area (Å²) >= 11 is 0. The molecular formula is C21H21N3O3. The van der Waals surface area contributed by atoms with Crippen LogP contribution in [0.15, 0.2) is 47.3 Å². The van der Waals surface area contributed by atoms with Crippen LogP contribution in [-0.2, 0) is 0 Å². The van der Waals surface area contributed by atoms with Crippen molar-refractivity contribution in [3.05, 3.63) is 80.8 Å². The van der Waals surface area contributed by atoms with Gasteiger partial charge in [0.25, 0.3) is 11.5 Å². The predicted octanol–water partition coefficient (Wildman–Crippen LogP) is 3.42. The Bertz CT molecular complexity index is 1080. The van der Waals surface area contributed by atoms with E-state index in [2.05, 4.69) is 10.4 Å². The summed E-state index contributed by atoms with van der Waals surface area (Å²) < 4.78 is 1.11. The van der Waals surface area contributed by atoms with E-state index >= 15 is 0 Å². The lowest BCUT2D eigenvalue weighted by Crippen LogP contribution is -2.25. The van der Waals surface area contributed by atoms with Crippen molar-refractivity contribution in [3.8, 4) is 11.4 Å². The Labute approximate surface area is 157 Å². The van der Waals surface area contributed by atoms with E-state index in [-0.39, 0.29) is 5.69 Å². The Hall–Kier alpha value is -3.41. The molecule has 0 aliphatic carbocycles. The number of amides is 1. The van der Waals surface area contributed by atoms with Crippen molar-refractivity contribution in [2.45, 2.75) is 27.7 Å². The molecule has 0 aliphatic heterocycles. The number of aromatic hydroxyl groups is 1. The first-order valence-corrected chi connectivity index (χ1v) is 8.56. The van der Waals surface area contributed by atoms with Crippen LogP contribution in [0.1, 0.15) is 32.7 Å². The van der Waals surface area contributed by atoms with E-state index in [1.807, 2.05) is 45.9 Å². The molecule has 0 fully saturated rings. The van der Waals surface area contributed by atoms with Crippen molar-refractivity contribution in [3.63, 3.8) is 0 Å². The lowest BCUT2D eigenvalue weighted by atomic mass is 10.0. The summed E-state index contributed by atoms with van der Waals surface area (Å²) in [7, 11) is 0. The van der Waals surface area contributed by atoms with Gasteiger partial charge in [-0.2, -0.15) is 9.78 Å². The number of benzene rings is 2. The standard InChI is InChI=1S/C21H21N3O3/c1-12-6-5-7-16(10-12)24-18(26)11-17(25)20(23-24)21(27)22-19-14(3)8-13(2)9-15(19)4/h5-11,25H,1-4H3,(H,22,27). The van der Waals surface area contributed by atoms with Crippen molar-refractivity contribution < 1.29 is 9.90 Å². The summed E-state index contributed by atoms with van der Waals surface area (Å²) in [5.74, 6) is -1.03. The number of hydrogen-bond acceptors (Lipinski definition) is 4. The highest BCUT2D eigenvalue weighted by Crippen LogP contribution is 2.23. The third-order valence-corrected chi connectivity index (χ3v) is 4.29. The largest absolute Gasteiger partial charge is 0.505 e. The molecule has 3 rings (SSSR count). The maximum Gasteiger partial charge on any atom is 0.280 e. The van der Waals surface area contributed by atoms with Crippen molar-refractivity contribution in [1.29, 1.82) is 0 Å². The van der Waals surface area contributed by atoms with Crippen molar-refractivity contribution in [1.82, 2.24) is 9.78 Å². The highest BCUT2D eigenvalue weighted by molar-refractivity contribution is 6.05. The molecule has 2 aromatic carbocycles. The molecule has 6 nitrogen and oxygen atoms in total. The number of carbonyl (C=O) groups is 1. The Balaban J connectivity index is 2.03. The van der Waals surface area contributed by atoms with Gasteiger partial charge < -0.3 is 10.4 Å². The van der Waals surface area contributed by atoms with Crippen LogP contribution in [0.2, 0.25) is 0 Å². The van der Waals surface area contributed by atoms with Crippen molar-refractivity contribution >= 4 is 11.6 Å². The quantitative estimate of drug-likeness (QED) is 0.747. The smallest absolute Gasteiger partial charge is 0.280 e. The van der Waals surface area contributed by atoms with E-state index in [9.17, 15) is 14.7 Å². The Morgan fingerprint density at radius 3 is 2.30 bits per heavy atom. The van der Waals surface area contributed by atoms with Crippen molar-refractivity contribution in [2.75, 3.05) is 5.32 Å². The van der Waals surface area contributed by atoms with Crippen LogP contribution >= 0.6 is 0 Å². The molecule has 1 heterocycles. The molecule has 138 valence electrons. The second-order valence-corrected chi connectivity index (χ2v) is 6.70. The van der Waals surface area contributed by atoms with Gasteiger partial charge in [-0.3, -0.25) is 9.59 Å². The minimum Gasteiger partial charge on any atom is -0.505 e. The predicted molar refractivity (Wildman–Crippen MR) is 105 cm³/mol. The molecule has 1 aromatic heterocycles. The second kappa shape index (κ2) is 7.07. The van der Waals surface area contributed by atoms with Crippen LogP contribution in [0.3, 0.4) is 0 Å². The molecule has 0 radical (unpaired) electrons. The molecule has 3 aromatic rings. The Morgan fingerprint density at radius 2 is 1.67 bits per heavy atom. The monoisotopic (exact) mass is 363 g/mol. The number of hydrogen-bond donors (Lipinski definition) is 2. The minimum absolute atomic E-state index is 0.213. The molecule has 0 saturated carbocycles. The van der Waals surface area contributed by atoms with Crippen molar-refractivity contribution in [2.24, 2.45) is 0 Å². The number of nitrogens with zero attached hydrogens (tertiary/aromatic N) is 2. The first kappa shape index (κ1) is 18.4. The normalized spacial score (nSPS) is 10.7. The van der Waals surface area contributed by atoms with Gasteiger partial charge in [0.05, 0.1) is 5.69 Å². The number of anilines is 1. The van der Waals surface area contributed by atoms with Gasteiger partial charge in [-0.25, -0.2) is 0 Å². The van der Waals surface area contributed by atoms with Gasteiger partial charge in [-0.05, 0) is 56.5 Å². The molecule has 0 bridgehead atoms. The number of nitrogens with one attached hydrogen (secondary N) is 1. The van der Waals surface area contributed by atoms with Gasteiger partial charge in [-0.1, -0.05) is 29.8 Å². The maximum atomic E-state index is 12.7. The molecule has 0 unspecified atom stereocenters.